The Balaban J connectivity index is 2.13. The fourth-order valence-electron chi connectivity index (χ4n) is 1.38. The molecule has 94 valence electrons. The van der Waals surface area contributed by atoms with Crippen LogP contribution in [0.3, 0.4) is 0 Å². The number of benzene rings is 1. The molecule has 6 heteroatoms. The van der Waals surface area contributed by atoms with Gasteiger partial charge in [-0.15, -0.1) is 0 Å². The average Bonchev–Trinajstić information content (AvgIpc) is 2.32. The fraction of sp³-hybridized carbons (Fsp3) is 0.0833. The number of nitrogens with zero attached hydrogens (tertiary/aromatic N) is 1. The maximum Gasteiger partial charge on any atom is 0.0737 e. The average molecular weight is 547 g/mol. The molecule has 0 bridgehead atoms. The van der Waals surface area contributed by atoms with Crippen molar-refractivity contribution in [3.8, 4) is 0 Å². The van der Waals surface area contributed by atoms with Crippen LogP contribution in [0.5, 0.6) is 0 Å². The van der Waals surface area contributed by atoms with Crippen LogP contribution in [-0.4, -0.2) is 4.98 Å². The Bertz CT molecular complexity index is 575. The van der Waals surface area contributed by atoms with Crippen LogP contribution in [0, 0.1) is 3.57 Å². The number of hydrogen-bond acceptors (Lipinski definition) is 2. The van der Waals surface area contributed by atoms with E-state index in [-0.39, 0.29) is 0 Å². The van der Waals surface area contributed by atoms with E-state index < -0.39 is 0 Å². The molecule has 0 radical (unpaired) electrons. The van der Waals surface area contributed by atoms with Crippen LogP contribution in [0.15, 0.2) is 43.9 Å². The summed E-state index contributed by atoms with van der Waals surface area (Å²) in [7, 11) is 0. The molecule has 1 aromatic heterocycles. The van der Waals surface area contributed by atoms with E-state index in [9.17, 15) is 0 Å². The summed E-state index contributed by atoms with van der Waals surface area (Å²) in [4.78, 5) is 4.37. The molecule has 0 spiro atoms. The normalized spacial score (nSPS) is 10.4. The molecule has 2 nitrogen and oxygen atoms in total. The standard InChI is InChI=1S/C12H8Br3IN2/c13-7-3-10(15)12(17-5-7)6-18-11-4-8(16)1-2-9(11)14/h1-5,18H,6H2. The second kappa shape index (κ2) is 6.67. The van der Waals surface area contributed by atoms with Crippen molar-refractivity contribution in [3.05, 3.63) is 53.1 Å². The Morgan fingerprint density at radius 3 is 2.61 bits per heavy atom. The zero-order chi connectivity index (χ0) is 13.1. The first-order valence-electron chi connectivity index (χ1n) is 5.05. The van der Waals surface area contributed by atoms with Crippen molar-refractivity contribution in [3.63, 3.8) is 0 Å². The third-order valence-electron chi connectivity index (χ3n) is 2.26. The van der Waals surface area contributed by atoms with Crippen molar-refractivity contribution in [2.75, 3.05) is 5.32 Å². The lowest BCUT2D eigenvalue weighted by atomic mass is 10.3. The van der Waals surface area contributed by atoms with Gasteiger partial charge in [-0.2, -0.15) is 0 Å². The van der Waals surface area contributed by atoms with Crippen molar-refractivity contribution < 1.29 is 0 Å². The van der Waals surface area contributed by atoms with Gasteiger partial charge in [0.25, 0.3) is 0 Å². The summed E-state index contributed by atoms with van der Waals surface area (Å²) in [5.74, 6) is 0. The summed E-state index contributed by atoms with van der Waals surface area (Å²) in [6, 6.07) is 8.18. The molecule has 0 aliphatic heterocycles. The first-order valence-corrected chi connectivity index (χ1v) is 8.51. The van der Waals surface area contributed by atoms with Crippen molar-refractivity contribution in [2.24, 2.45) is 0 Å². The third-order valence-corrected chi connectivity index (χ3v) is 4.74. The second-order valence-electron chi connectivity index (χ2n) is 3.56. The van der Waals surface area contributed by atoms with Gasteiger partial charge in [-0.3, -0.25) is 4.98 Å². The van der Waals surface area contributed by atoms with E-state index in [1.165, 1.54) is 3.57 Å². The minimum Gasteiger partial charge on any atom is -0.378 e. The molecule has 0 unspecified atom stereocenters. The summed E-state index contributed by atoms with van der Waals surface area (Å²) in [5.41, 5.74) is 2.04. The smallest absolute Gasteiger partial charge is 0.0737 e. The summed E-state index contributed by atoms with van der Waals surface area (Å²) in [5, 5.41) is 3.37. The number of anilines is 1. The number of aromatic nitrogens is 1. The van der Waals surface area contributed by atoms with Gasteiger partial charge in [0.15, 0.2) is 0 Å². The van der Waals surface area contributed by atoms with Gasteiger partial charge in [0.1, 0.15) is 0 Å². The molecule has 2 rings (SSSR count). The molecule has 0 saturated heterocycles. The lowest BCUT2D eigenvalue weighted by Crippen LogP contribution is -2.03. The van der Waals surface area contributed by atoms with Gasteiger partial charge in [-0.25, -0.2) is 0 Å². The molecule has 1 heterocycles. The Labute approximate surface area is 144 Å². The van der Waals surface area contributed by atoms with E-state index in [0.29, 0.717) is 6.54 Å². The molecule has 18 heavy (non-hydrogen) atoms. The molecule has 0 fully saturated rings. The molecule has 2 aromatic rings. The molecular formula is C12H8Br3IN2. The van der Waals surface area contributed by atoms with Crippen molar-refractivity contribution in [1.82, 2.24) is 4.98 Å². The SMILES string of the molecule is Brc1cnc(CNc2cc(I)ccc2Br)c(Br)c1. The van der Waals surface area contributed by atoms with E-state index in [4.69, 9.17) is 0 Å². The van der Waals surface area contributed by atoms with Crippen LogP contribution in [0.2, 0.25) is 0 Å². The van der Waals surface area contributed by atoms with Crippen LogP contribution in [0.25, 0.3) is 0 Å². The molecule has 0 aliphatic carbocycles. The van der Waals surface area contributed by atoms with Crippen molar-refractivity contribution in [2.45, 2.75) is 6.54 Å². The van der Waals surface area contributed by atoms with E-state index in [1.54, 1.807) is 6.20 Å². The molecule has 0 aliphatic rings. The van der Waals surface area contributed by atoms with Gasteiger partial charge in [-0.1, -0.05) is 0 Å². The summed E-state index contributed by atoms with van der Waals surface area (Å²) in [6.07, 6.45) is 1.80. The maximum atomic E-state index is 4.37. The van der Waals surface area contributed by atoms with Crippen LogP contribution in [-0.2, 0) is 6.54 Å². The molecular weight excluding hydrogens is 539 g/mol. The summed E-state index contributed by atoms with van der Waals surface area (Å²) in [6.45, 7) is 0.673. The van der Waals surface area contributed by atoms with Crippen LogP contribution in [0.1, 0.15) is 5.69 Å². The topological polar surface area (TPSA) is 24.9 Å². The zero-order valence-electron chi connectivity index (χ0n) is 9.05. The highest BCUT2D eigenvalue weighted by Crippen LogP contribution is 2.26. The lowest BCUT2D eigenvalue weighted by Gasteiger charge is -2.10. The summed E-state index contributed by atoms with van der Waals surface area (Å²) >= 11 is 12.7. The number of nitrogens with one attached hydrogen (secondary N) is 1. The highest BCUT2D eigenvalue weighted by Gasteiger charge is 2.04. The van der Waals surface area contributed by atoms with Crippen LogP contribution < -0.4 is 5.32 Å². The number of pyridine rings is 1. The second-order valence-corrected chi connectivity index (χ2v) is 7.43. The predicted octanol–water partition coefficient (Wildman–Crippen LogP) is 5.59. The van der Waals surface area contributed by atoms with E-state index in [2.05, 4.69) is 92.8 Å². The minimum absolute atomic E-state index is 0.673. The third kappa shape index (κ3) is 3.91. The van der Waals surface area contributed by atoms with Gasteiger partial charge in [0.05, 0.1) is 12.2 Å². The van der Waals surface area contributed by atoms with Gasteiger partial charge in [-0.05, 0) is 94.6 Å². The van der Waals surface area contributed by atoms with Crippen LogP contribution >= 0.6 is 70.4 Å². The van der Waals surface area contributed by atoms with Crippen molar-refractivity contribution >= 4 is 76.1 Å². The Hall–Kier alpha value is 0.340. The molecule has 0 amide bonds. The molecule has 1 aromatic carbocycles. The van der Waals surface area contributed by atoms with Gasteiger partial charge in [0.2, 0.25) is 0 Å². The highest BCUT2D eigenvalue weighted by atomic mass is 127. The lowest BCUT2D eigenvalue weighted by molar-refractivity contribution is 1.03. The van der Waals surface area contributed by atoms with E-state index in [1.807, 2.05) is 12.1 Å². The van der Waals surface area contributed by atoms with E-state index in [0.717, 1.165) is 24.8 Å². The molecule has 0 atom stereocenters. The fourth-order valence-corrected chi connectivity index (χ4v) is 3.39. The van der Waals surface area contributed by atoms with Crippen molar-refractivity contribution in [1.29, 1.82) is 0 Å². The Morgan fingerprint density at radius 2 is 1.89 bits per heavy atom. The number of hydrogen-bond donors (Lipinski definition) is 1. The molecule has 0 saturated carbocycles. The first kappa shape index (κ1) is 14.7. The largest absolute Gasteiger partial charge is 0.378 e. The predicted molar refractivity (Wildman–Crippen MR) is 93.8 cm³/mol. The number of halogens is 4. The monoisotopic (exact) mass is 544 g/mol. The van der Waals surface area contributed by atoms with E-state index >= 15 is 0 Å². The van der Waals surface area contributed by atoms with Gasteiger partial charge in [0, 0.05) is 28.9 Å². The zero-order valence-corrected chi connectivity index (χ0v) is 16.0. The Kier molecular flexibility index (Phi) is 5.47. The first-order chi connectivity index (χ1) is 8.56. The number of rotatable bonds is 3. The van der Waals surface area contributed by atoms with Crippen LogP contribution in [0.4, 0.5) is 5.69 Å². The summed E-state index contributed by atoms with van der Waals surface area (Å²) < 4.78 is 4.21. The minimum atomic E-state index is 0.673. The quantitative estimate of drug-likeness (QED) is 0.508. The molecule has 1 N–H and O–H groups in total. The van der Waals surface area contributed by atoms with Gasteiger partial charge >= 0.3 is 0 Å². The maximum absolute atomic E-state index is 4.37. The highest BCUT2D eigenvalue weighted by molar-refractivity contribution is 14.1. The Morgan fingerprint density at radius 1 is 1.11 bits per heavy atom. The van der Waals surface area contributed by atoms with Gasteiger partial charge < -0.3 is 5.32 Å².